The third kappa shape index (κ3) is 5.75. The summed E-state index contributed by atoms with van der Waals surface area (Å²) >= 11 is 0. The van der Waals surface area contributed by atoms with Gasteiger partial charge in [0, 0.05) is 37.5 Å². The number of hydrogen-bond acceptors (Lipinski definition) is 2. The summed E-state index contributed by atoms with van der Waals surface area (Å²) in [7, 11) is 1.62. The van der Waals surface area contributed by atoms with Gasteiger partial charge in [-0.15, -0.1) is 24.0 Å². The van der Waals surface area contributed by atoms with Gasteiger partial charge in [-0.3, -0.25) is 4.99 Å². The topological polar surface area (TPSA) is 54.2 Å². The van der Waals surface area contributed by atoms with Crippen molar-refractivity contribution in [1.82, 2.24) is 20.4 Å². The van der Waals surface area contributed by atoms with E-state index in [1.165, 1.54) is 6.07 Å². The fraction of sp³-hybridized carbons (Fsp3) is 0.158. The van der Waals surface area contributed by atoms with Crippen LogP contribution < -0.4 is 10.6 Å². The Balaban J connectivity index is 0.00000261. The number of hydrogen-bond donors (Lipinski definition) is 2. The van der Waals surface area contributed by atoms with Gasteiger partial charge in [0.25, 0.3) is 0 Å². The molecule has 2 N–H and O–H groups in total. The number of rotatable bonds is 5. The Bertz CT molecular complexity index is 896. The van der Waals surface area contributed by atoms with Crippen molar-refractivity contribution in [2.24, 2.45) is 4.99 Å². The van der Waals surface area contributed by atoms with Crippen LogP contribution in [0.4, 0.5) is 8.78 Å². The molecule has 27 heavy (non-hydrogen) atoms. The molecule has 1 aromatic heterocycles. The fourth-order valence-corrected chi connectivity index (χ4v) is 2.44. The average Bonchev–Trinajstić information content (AvgIpc) is 3.14. The maximum Gasteiger partial charge on any atom is 0.191 e. The maximum absolute atomic E-state index is 13.7. The molecule has 0 saturated carbocycles. The molecular weight excluding hydrogens is 463 g/mol. The second kappa shape index (κ2) is 10.0. The Morgan fingerprint density at radius 2 is 1.81 bits per heavy atom. The quantitative estimate of drug-likeness (QED) is 0.331. The summed E-state index contributed by atoms with van der Waals surface area (Å²) in [6, 6.07) is 13.2. The second-order valence-electron chi connectivity index (χ2n) is 5.64. The molecule has 0 atom stereocenters. The zero-order valence-corrected chi connectivity index (χ0v) is 17.0. The predicted molar refractivity (Wildman–Crippen MR) is 112 cm³/mol. The van der Waals surface area contributed by atoms with E-state index < -0.39 is 11.6 Å². The van der Waals surface area contributed by atoms with Crippen molar-refractivity contribution in [3.63, 3.8) is 0 Å². The van der Waals surface area contributed by atoms with Gasteiger partial charge in [-0.25, -0.2) is 13.5 Å². The summed E-state index contributed by atoms with van der Waals surface area (Å²) in [6.45, 7) is 0.630. The summed E-state index contributed by atoms with van der Waals surface area (Å²) in [6.07, 6.45) is 3.68. The molecule has 0 aliphatic heterocycles. The number of nitrogens with zero attached hydrogens (tertiary/aromatic N) is 3. The molecule has 0 saturated heterocycles. The van der Waals surface area contributed by atoms with Crippen LogP contribution in [0.25, 0.3) is 5.69 Å². The van der Waals surface area contributed by atoms with Gasteiger partial charge in [-0.2, -0.15) is 5.10 Å². The molecule has 0 amide bonds. The molecule has 0 spiro atoms. The van der Waals surface area contributed by atoms with Crippen LogP contribution in [-0.4, -0.2) is 22.8 Å². The molecule has 0 aliphatic rings. The van der Waals surface area contributed by atoms with Gasteiger partial charge in [-0.1, -0.05) is 18.2 Å². The Morgan fingerprint density at radius 1 is 1.07 bits per heavy atom. The number of guanidine groups is 1. The van der Waals surface area contributed by atoms with Crippen LogP contribution in [0.15, 0.2) is 65.9 Å². The number of nitrogens with one attached hydrogen (secondary N) is 2. The number of para-hydroxylation sites is 1. The minimum atomic E-state index is -0.473. The molecule has 0 aliphatic carbocycles. The minimum absolute atomic E-state index is 0. The monoisotopic (exact) mass is 483 g/mol. The number of aromatic nitrogens is 2. The largest absolute Gasteiger partial charge is 0.352 e. The summed E-state index contributed by atoms with van der Waals surface area (Å²) in [5.41, 5.74) is 2.18. The van der Waals surface area contributed by atoms with E-state index in [0.29, 0.717) is 12.5 Å². The fourth-order valence-electron chi connectivity index (χ4n) is 2.44. The molecular formula is C19H20F2IN5. The Kier molecular flexibility index (Phi) is 7.71. The first-order valence-corrected chi connectivity index (χ1v) is 8.13. The van der Waals surface area contributed by atoms with Crippen LogP contribution in [0.2, 0.25) is 0 Å². The van der Waals surface area contributed by atoms with E-state index in [1.54, 1.807) is 17.9 Å². The first kappa shape index (κ1) is 20.8. The zero-order chi connectivity index (χ0) is 18.4. The highest BCUT2D eigenvalue weighted by atomic mass is 127. The predicted octanol–water partition coefficient (Wildman–Crippen LogP) is 3.63. The standard InChI is InChI=1S/C19H19F2N5.HI/c1-22-19(24-12-15-9-16(20)7-8-18(15)21)23-10-14-11-25-26(13-14)17-5-3-2-4-6-17;/h2-9,11,13H,10,12H2,1H3,(H2,22,23,24);1H. The molecule has 8 heteroatoms. The highest BCUT2D eigenvalue weighted by Crippen LogP contribution is 2.09. The summed E-state index contributed by atoms with van der Waals surface area (Å²) < 4.78 is 28.7. The van der Waals surface area contributed by atoms with Gasteiger partial charge in [0.15, 0.2) is 5.96 Å². The van der Waals surface area contributed by atoms with Crippen LogP contribution in [0.5, 0.6) is 0 Å². The van der Waals surface area contributed by atoms with Crippen LogP contribution in [-0.2, 0) is 13.1 Å². The van der Waals surface area contributed by atoms with Crippen molar-refractivity contribution in [3.8, 4) is 5.69 Å². The molecule has 142 valence electrons. The summed E-state index contributed by atoms with van der Waals surface area (Å²) in [5.74, 6) is -0.445. The van der Waals surface area contributed by atoms with Crippen LogP contribution >= 0.6 is 24.0 Å². The van der Waals surface area contributed by atoms with Crippen molar-refractivity contribution in [2.45, 2.75) is 13.1 Å². The lowest BCUT2D eigenvalue weighted by Gasteiger charge is -2.11. The molecule has 0 fully saturated rings. The van der Waals surface area contributed by atoms with Gasteiger partial charge in [0.1, 0.15) is 11.6 Å². The number of halogens is 3. The van der Waals surface area contributed by atoms with E-state index in [0.717, 1.165) is 23.4 Å². The van der Waals surface area contributed by atoms with Crippen molar-refractivity contribution >= 4 is 29.9 Å². The van der Waals surface area contributed by atoms with E-state index in [4.69, 9.17) is 0 Å². The minimum Gasteiger partial charge on any atom is -0.352 e. The highest BCUT2D eigenvalue weighted by Gasteiger charge is 2.06. The van der Waals surface area contributed by atoms with Gasteiger partial charge in [-0.05, 0) is 30.3 Å². The van der Waals surface area contributed by atoms with Gasteiger partial charge < -0.3 is 10.6 Å². The lowest BCUT2D eigenvalue weighted by Crippen LogP contribution is -2.36. The molecule has 5 nitrogen and oxygen atoms in total. The summed E-state index contributed by atoms with van der Waals surface area (Å²) in [4.78, 5) is 4.09. The van der Waals surface area contributed by atoms with E-state index in [-0.39, 0.29) is 36.1 Å². The Morgan fingerprint density at radius 3 is 2.56 bits per heavy atom. The van der Waals surface area contributed by atoms with Crippen LogP contribution in [0.3, 0.4) is 0 Å². The third-order valence-corrected chi connectivity index (χ3v) is 3.79. The molecule has 0 radical (unpaired) electrons. The van der Waals surface area contributed by atoms with E-state index >= 15 is 0 Å². The number of aliphatic imine (C=N–C) groups is 1. The van der Waals surface area contributed by atoms with Gasteiger partial charge >= 0.3 is 0 Å². The maximum atomic E-state index is 13.7. The average molecular weight is 483 g/mol. The van der Waals surface area contributed by atoms with Gasteiger partial charge in [0.05, 0.1) is 11.9 Å². The first-order chi connectivity index (χ1) is 12.7. The molecule has 3 rings (SSSR count). The summed E-state index contributed by atoms with van der Waals surface area (Å²) in [5, 5.41) is 10.4. The lowest BCUT2D eigenvalue weighted by atomic mass is 10.2. The zero-order valence-electron chi connectivity index (χ0n) is 14.7. The lowest BCUT2D eigenvalue weighted by molar-refractivity contribution is 0.581. The molecule has 0 bridgehead atoms. The molecule has 1 heterocycles. The van der Waals surface area contributed by atoms with Gasteiger partial charge in [0.2, 0.25) is 0 Å². The smallest absolute Gasteiger partial charge is 0.191 e. The van der Waals surface area contributed by atoms with Crippen molar-refractivity contribution in [2.75, 3.05) is 7.05 Å². The van der Waals surface area contributed by atoms with E-state index in [2.05, 4.69) is 20.7 Å². The van der Waals surface area contributed by atoms with Crippen LogP contribution in [0.1, 0.15) is 11.1 Å². The highest BCUT2D eigenvalue weighted by molar-refractivity contribution is 14.0. The second-order valence-corrected chi connectivity index (χ2v) is 5.64. The van der Waals surface area contributed by atoms with E-state index in [9.17, 15) is 8.78 Å². The first-order valence-electron chi connectivity index (χ1n) is 8.13. The van der Waals surface area contributed by atoms with Crippen LogP contribution in [0, 0.1) is 11.6 Å². The van der Waals surface area contributed by atoms with Crippen molar-refractivity contribution in [3.05, 3.63) is 83.7 Å². The Labute approximate surface area is 173 Å². The molecule has 0 unspecified atom stereocenters. The third-order valence-electron chi connectivity index (χ3n) is 3.79. The van der Waals surface area contributed by atoms with Crippen molar-refractivity contribution < 1.29 is 8.78 Å². The molecule has 2 aromatic carbocycles. The number of benzene rings is 2. The van der Waals surface area contributed by atoms with Crippen molar-refractivity contribution in [1.29, 1.82) is 0 Å². The van der Waals surface area contributed by atoms with E-state index in [1.807, 2.05) is 36.5 Å². The normalized spacial score (nSPS) is 11.0. The SMILES string of the molecule is CN=C(NCc1cnn(-c2ccccc2)c1)NCc1cc(F)ccc1F.I. The molecule has 3 aromatic rings. The Hall–Kier alpha value is -2.49.